The van der Waals surface area contributed by atoms with Crippen LogP contribution in [-0.4, -0.2) is 70.8 Å². The van der Waals surface area contributed by atoms with Gasteiger partial charge in [-0.1, -0.05) is 17.7 Å². The van der Waals surface area contributed by atoms with Gasteiger partial charge in [0.15, 0.2) is 23.9 Å². The number of carbonyl (C=O) groups excluding carboxylic acids is 1. The Morgan fingerprint density at radius 3 is 2.46 bits per heavy atom. The van der Waals surface area contributed by atoms with Gasteiger partial charge < -0.3 is 30.1 Å². The van der Waals surface area contributed by atoms with Crippen molar-refractivity contribution < 1.29 is 19.4 Å². The van der Waals surface area contributed by atoms with Crippen LogP contribution in [-0.2, 0) is 4.79 Å². The summed E-state index contributed by atoms with van der Waals surface area (Å²) in [5, 5.41) is 10.2. The summed E-state index contributed by atoms with van der Waals surface area (Å²) in [5.41, 5.74) is 9.75. The van der Waals surface area contributed by atoms with Gasteiger partial charge in [-0.25, -0.2) is 9.97 Å². The van der Waals surface area contributed by atoms with Gasteiger partial charge in [0.2, 0.25) is 5.95 Å². The van der Waals surface area contributed by atoms with Crippen LogP contribution in [0.5, 0.6) is 17.2 Å². The molecule has 5 rings (SSSR count). The number of anilines is 2. The van der Waals surface area contributed by atoms with Gasteiger partial charge in [0.25, 0.3) is 5.91 Å². The number of carbonyl (C=O) groups is 1. The number of hydrogen-bond donors (Lipinski definition) is 2. The predicted octanol–water partition coefficient (Wildman–Crippen LogP) is 3.02. The summed E-state index contributed by atoms with van der Waals surface area (Å²) in [6, 6.07) is 16.4. The first kappa shape index (κ1) is 24.1. The molecule has 1 amide bonds. The third kappa shape index (κ3) is 5.18. The number of ether oxygens (including phenoxy) is 2. The summed E-state index contributed by atoms with van der Waals surface area (Å²) >= 11 is 0. The molecular weight excluding hydrogens is 472 g/mol. The molecule has 2 aromatic carbocycles. The lowest BCUT2D eigenvalue weighted by molar-refractivity contribution is -0.133. The molecule has 4 aromatic rings. The lowest BCUT2D eigenvalue weighted by Gasteiger charge is -2.35. The van der Waals surface area contributed by atoms with E-state index in [2.05, 4.69) is 14.9 Å². The molecular formula is C27H28N6O4. The second kappa shape index (κ2) is 10.2. The first-order valence-corrected chi connectivity index (χ1v) is 11.9. The molecule has 3 heterocycles. The number of methoxy groups -OCH3 is 1. The Hall–Kier alpha value is -4.60. The van der Waals surface area contributed by atoms with Crippen LogP contribution in [0.1, 0.15) is 5.56 Å². The molecule has 2 aromatic heterocycles. The van der Waals surface area contributed by atoms with Crippen molar-refractivity contribution in [3.8, 4) is 28.5 Å². The van der Waals surface area contributed by atoms with E-state index in [0.717, 1.165) is 11.1 Å². The van der Waals surface area contributed by atoms with Crippen molar-refractivity contribution in [2.75, 3.05) is 50.5 Å². The Kier molecular flexibility index (Phi) is 6.63. The number of pyridine rings is 1. The summed E-state index contributed by atoms with van der Waals surface area (Å²) in [4.78, 5) is 30.2. The zero-order valence-electron chi connectivity index (χ0n) is 20.7. The molecule has 37 heavy (non-hydrogen) atoms. The van der Waals surface area contributed by atoms with E-state index in [9.17, 15) is 9.90 Å². The Bertz CT molecular complexity index is 1440. The average molecular weight is 501 g/mol. The number of phenols is 1. The zero-order valence-corrected chi connectivity index (χ0v) is 20.7. The predicted molar refractivity (Wildman–Crippen MR) is 141 cm³/mol. The van der Waals surface area contributed by atoms with Gasteiger partial charge in [-0.05, 0) is 49.4 Å². The number of aromatic hydroxyl groups is 1. The van der Waals surface area contributed by atoms with Crippen LogP contribution in [0.2, 0.25) is 0 Å². The van der Waals surface area contributed by atoms with E-state index in [1.54, 1.807) is 17.0 Å². The second-order valence-corrected chi connectivity index (χ2v) is 8.83. The van der Waals surface area contributed by atoms with Gasteiger partial charge in [0.05, 0.1) is 18.3 Å². The van der Waals surface area contributed by atoms with E-state index in [-0.39, 0.29) is 24.2 Å². The first-order valence-electron chi connectivity index (χ1n) is 11.9. The van der Waals surface area contributed by atoms with Crippen molar-refractivity contribution >= 4 is 28.7 Å². The number of benzene rings is 2. The van der Waals surface area contributed by atoms with E-state index in [1.165, 1.54) is 7.11 Å². The SMILES string of the molecule is COc1ccc(-c2ccc3nc(N)nc(N4CCN(C(=O)COc5ccc(C)cc5)CC4)c3n2)cc1O. The number of fused-ring (bicyclic) bond motifs is 1. The summed E-state index contributed by atoms with van der Waals surface area (Å²) < 4.78 is 10.8. The highest BCUT2D eigenvalue weighted by atomic mass is 16.5. The summed E-state index contributed by atoms with van der Waals surface area (Å²) in [7, 11) is 1.50. The van der Waals surface area contributed by atoms with Crippen LogP contribution >= 0.6 is 0 Å². The largest absolute Gasteiger partial charge is 0.504 e. The minimum Gasteiger partial charge on any atom is -0.504 e. The number of nitrogens with two attached hydrogens (primary N) is 1. The van der Waals surface area contributed by atoms with Gasteiger partial charge >= 0.3 is 0 Å². The first-order chi connectivity index (χ1) is 17.9. The molecule has 0 atom stereocenters. The Morgan fingerprint density at radius 2 is 1.76 bits per heavy atom. The van der Waals surface area contributed by atoms with Gasteiger partial charge in [0, 0.05) is 31.7 Å². The van der Waals surface area contributed by atoms with Crippen LogP contribution < -0.4 is 20.1 Å². The molecule has 0 bridgehead atoms. The van der Waals surface area contributed by atoms with E-state index in [1.807, 2.05) is 49.4 Å². The van der Waals surface area contributed by atoms with E-state index < -0.39 is 0 Å². The molecule has 3 N–H and O–H groups in total. The molecule has 1 saturated heterocycles. The average Bonchev–Trinajstić information content (AvgIpc) is 2.92. The zero-order chi connectivity index (χ0) is 25.9. The minimum absolute atomic E-state index is 0.00787. The van der Waals surface area contributed by atoms with Crippen molar-refractivity contribution in [1.82, 2.24) is 19.9 Å². The number of piperazine rings is 1. The molecule has 0 aliphatic carbocycles. The number of nitrogen functional groups attached to an aromatic ring is 1. The fraction of sp³-hybridized carbons (Fsp3) is 0.259. The number of aryl methyl sites for hydroxylation is 1. The summed E-state index contributed by atoms with van der Waals surface area (Å²) in [6.45, 7) is 4.17. The number of rotatable bonds is 6. The topological polar surface area (TPSA) is 127 Å². The fourth-order valence-corrected chi connectivity index (χ4v) is 4.29. The molecule has 1 aliphatic heterocycles. The lowest BCUT2D eigenvalue weighted by Crippen LogP contribution is -2.50. The highest BCUT2D eigenvalue weighted by Crippen LogP contribution is 2.32. The normalized spacial score (nSPS) is 13.6. The smallest absolute Gasteiger partial charge is 0.260 e. The fourth-order valence-electron chi connectivity index (χ4n) is 4.29. The molecule has 1 aliphatic rings. The number of phenolic OH excluding ortho intramolecular Hbond substituents is 1. The van der Waals surface area contributed by atoms with Crippen LogP contribution in [0.4, 0.5) is 11.8 Å². The highest BCUT2D eigenvalue weighted by Gasteiger charge is 2.25. The van der Waals surface area contributed by atoms with Crippen LogP contribution in [0, 0.1) is 6.92 Å². The third-order valence-corrected chi connectivity index (χ3v) is 6.33. The molecule has 0 radical (unpaired) electrons. The van der Waals surface area contributed by atoms with Crippen molar-refractivity contribution in [2.24, 2.45) is 0 Å². The van der Waals surface area contributed by atoms with Crippen molar-refractivity contribution in [3.05, 3.63) is 60.2 Å². The number of aromatic nitrogens is 3. The maximum Gasteiger partial charge on any atom is 0.260 e. The highest BCUT2D eigenvalue weighted by molar-refractivity contribution is 5.89. The Labute approximate surface area is 214 Å². The lowest BCUT2D eigenvalue weighted by atomic mass is 10.1. The number of nitrogens with zero attached hydrogens (tertiary/aromatic N) is 5. The Balaban J connectivity index is 1.32. The van der Waals surface area contributed by atoms with E-state index in [4.69, 9.17) is 20.2 Å². The van der Waals surface area contributed by atoms with Crippen molar-refractivity contribution in [3.63, 3.8) is 0 Å². The molecule has 190 valence electrons. The molecule has 10 nitrogen and oxygen atoms in total. The monoisotopic (exact) mass is 500 g/mol. The third-order valence-electron chi connectivity index (χ3n) is 6.33. The maximum absolute atomic E-state index is 12.7. The second-order valence-electron chi connectivity index (χ2n) is 8.83. The van der Waals surface area contributed by atoms with Crippen LogP contribution in [0.15, 0.2) is 54.6 Å². The van der Waals surface area contributed by atoms with Gasteiger partial charge in [-0.2, -0.15) is 4.98 Å². The van der Waals surface area contributed by atoms with Crippen molar-refractivity contribution in [1.29, 1.82) is 0 Å². The summed E-state index contributed by atoms with van der Waals surface area (Å²) in [5.74, 6) is 1.80. The van der Waals surface area contributed by atoms with E-state index >= 15 is 0 Å². The minimum atomic E-state index is -0.0630. The standard InChI is InChI=1S/C27H28N6O4/c1-17-3-6-19(7-4-17)37-16-24(35)32-11-13-33(14-12-32)26-25-21(30-27(28)31-26)9-8-20(29-25)18-5-10-23(36-2)22(34)15-18/h3-10,15,34H,11-14,16H2,1-2H3,(H2,28,30,31). The molecule has 0 saturated carbocycles. The maximum atomic E-state index is 12.7. The quantitative estimate of drug-likeness (QED) is 0.411. The van der Waals surface area contributed by atoms with Crippen LogP contribution in [0.25, 0.3) is 22.3 Å². The summed E-state index contributed by atoms with van der Waals surface area (Å²) in [6.07, 6.45) is 0. The number of hydrogen-bond acceptors (Lipinski definition) is 9. The number of amides is 1. The van der Waals surface area contributed by atoms with Crippen LogP contribution in [0.3, 0.4) is 0 Å². The van der Waals surface area contributed by atoms with Gasteiger partial charge in [-0.3, -0.25) is 4.79 Å². The molecule has 0 spiro atoms. The van der Waals surface area contributed by atoms with Gasteiger partial charge in [-0.15, -0.1) is 0 Å². The Morgan fingerprint density at radius 1 is 1.00 bits per heavy atom. The molecule has 0 unspecified atom stereocenters. The molecule has 10 heteroatoms. The van der Waals surface area contributed by atoms with E-state index in [0.29, 0.717) is 60.2 Å². The molecule has 1 fully saturated rings. The van der Waals surface area contributed by atoms with Gasteiger partial charge in [0.1, 0.15) is 11.3 Å². The van der Waals surface area contributed by atoms with Crippen molar-refractivity contribution in [2.45, 2.75) is 6.92 Å².